The second-order valence-electron chi connectivity index (χ2n) is 6.47. The number of ether oxygens (including phenoxy) is 1. The van der Waals surface area contributed by atoms with E-state index in [1.165, 1.54) is 24.1 Å². The molecule has 2 rings (SSSR count). The number of benzene rings is 1. The molecule has 166 valence electrons. The van der Waals surface area contributed by atoms with Gasteiger partial charge in [0.05, 0.1) is 12.0 Å². The number of halogens is 3. The van der Waals surface area contributed by atoms with Crippen molar-refractivity contribution < 1.29 is 40.2 Å². The Morgan fingerprint density at radius 2 is 2.00 bits per heavy atom. The molecule has 0 N–H and O–H groups in total. The molecule has 0 saturated carbocycles. The molecule has 0 aromatic heterocycles. The number of nitro benzene ring substituents is 1. The summed E-state index contributed by atoms with van der Waals surface area (Å²) in [6.07, 6.45) is 0.980. The zero-order valence-electron chi connectivity index (χ0n) is 16.2. The number of nitrogens with zero attached hydrogens (tertiary/aromatic N) is 2. The van der Waals surface area contributed by atoms with Crippen molar-refractivity contribution in [2.75, 3.05) is 13.7 Å². The Hall–Kier alpha value is -2.83. The van der Waals surface area contributed by atoms with Gasteiger partial charge in [-0.1, -0.05) is 6.92 Å². The van der Waals surface area contributed by atoms with E-state index in [0.717, 1.165) is 6.08 Å². The Labute approximate surface area is 170 Å². The molecular weight excluding hydrogens is 433 g/mol. The van der Waals surface area contributed by atoms with Crippen LogP contribution in [0.25, 0.3) is 0 Å². The molecular formula is C17H19F3N2O7S. The van der Waals surface area contributed by atoms with Crippen LogP contribution >= 0.6 is 0 Å². The Morgan fingerprint density at radius 1 is 1.37 bits per heavy atom. The Balaban J connectivity index is 2.38. The minimum absolute atomic E-state index is 0.245. The monoisotopic (exact) mass is 452 g/mol. The summed E-state index contributed by atoms with van der Waals surface area (Å²) < 4.78 is 69.3. The van der Waals surface area contributed by atoms with Gasteiger partial charge in [-0.15, -0.1) is 0 Å². The quantitative estimate of drug-likeness (QED) is 0.281. The first kappa shape index (κ1) is 23.4. The van der Waals surface area contributed by atoms with Gasteiger partial charge in [0.15, 0.2) is 0 Å². The highest BCUT2D eigenvalue weighted by atomic mass is 32.2. The van der Waals surface area contributed by atoms with Gasteiger partial charge in [-0.05, 0) is 25.0 Å². The van der Waals surface area contributed by atoms with Gasteiger partial charge < -0.3 is 13.8 Å². The van der Waals surface area contributed by atoms with Gasteiger partial charge >= 0.3 is 15.6 Å². The second-order valence-corrected chi connectivity index (χ2v) is 8.01. The molecule has 1 amide bonds. The SMILES string of the molecule is CC[C@@H]1CC(OS(=O)(=O)C(F)(F)F)=CCN1C(=O)c1cc(OC)c(C)cc1[N+](=O)[O-]. The van der Waals surface area contributed by atoms with Gasteiger partial charge in [0.1, 0.15) is 17.1 Å². The number of carbonyl (C=O) groups excluding carboxylic acids is 1. The van der Waals surface area contributed by atoms with Gasteiger partial charge in [-0.2, -0.15) is 21.6 Å². The average molecular weight is 452 g/mol. The van der Waals surface area contributed by atoms with Crippen molar-refractivity contribution in [3.8, 4) is 5.75 Å². The van der Waals surface area contributed by atoms with E-state index in [4.69, 9.17) is 4.74 Å². The molecule has 1 heterocycles. The van der Waals surface area contributed by atoms with Gasteiger partial charge in [-0.3, -0.25) is 14.9 Å². The maximum atomic E-state index is 13.0. The van der Waals surface area contributed by atoms with Crippen LogP contribution in [0.5, 0.6) is 5.75 Å². The summed E-state index contributed by atoms with van der Waals surface area (Å²) in [5.74, 6) is -0.926. The third-order valence-electron chi connectivity index (χ3n) is 4.57. The lowest BCUT2D eigenvalue weighted by Gasteiger charge is -2.34. The van der Waals surface area contributed by atoms with Crippen molar-refractivity contribution in [1.29, 1.82) is 0 Å². The van der Waals surface area contributed by atoms with Crippen LogP contribution in [-0.4, -0.2) is 49.4 Å². The fraction of sp³-hybridized carbons (Fsp3) is 0.471. The summed E-state index contributed by atoms with van der Waals surface area (Å²) >= 11 is 0. The fourth-order valence-electron chi connectivity index (χ4n) is 3.01. The highest BCUT2D eigenvalue weighted by molar-refractivity contribution is 7.87. The molecule has 9 nitrogen and oxygen atoms in total. The summed E-state index contributed by atoms with van der Waals surface area (Å²) in [6, 6.07) is 1.69. The summed E-state index contributed by atoms with van der Waals surface area (Å²) in [7, 11) is -4.49. The lowest BCUT2D eigenvalue weighted by Crippen LogP contribution is -2.43. The summed E-state index contributed by atoms with van der Waals surface area (Å²) in [5.41, 5.74) is -5.83. The first-order valence-corrected chi connectivity index (χ1v) is 10.1. The number of alkyl halides is 3. The van der Waals surface area contributed by atoms with Gasteiger partial charge in [0, 0.05) is 31.1 Å². The Kier molecular flexibility index (Phi) is 6.64. The number of rotatable bonds is 6. The predicted molar refractivity (Wildman–Crippen MR) is 98.3 cm³/mol. The highest BCUT2D eigenvalue weighted by Gasteiger charge is 2.49. The zero-order valence-corrected chi connectivity index (χ0v) is 17.0. The van der Waals surface area contributed by atoms with Crippen LogP contribution in [0.1, 0.15) is 35.7 Å². The molecule has 1 atom stereocenters. The zero-order chi connectivity index (χ0) is 22.9. The topological polar surface area (TPSA) is 116 Å². The lowest BCUT2D eigenvalue weighted by atomic mass is 10.0. The number of amides is 1. The smallest absolute Gasteiger partial charge is 0.496 e. The van der Waals surface area contributed by atoms with E-state index in [-0.39, 0.29) is 30.7 Å². The van der Waals surface area contributed by atoms with E-state index < -0.39 is 43.9 Å². The summed E-state index contributed by atoms with van der Waals surface area (Å²) in [6.45, 7) is 2.92. The first-order chi connectivity index (χ1) is 13.8. The van der Waals surface area contributed by atoms with Crippen molar-refractivity contribution in [2.45, 2.75) is 38.2 Å². The van der Waals surface area contributed by atoms with Crippen LogP contribution in [0, 0.1) is 17.0 Å². The molecule has 0 aliphatic carbocycles. The van der Waals surface area contributed by atoms with E-state index in [0.29, 0.717) is 5.56 Å². The number of hydrogen-bond acceptors (Lipinski definition) is 7. The highest BCUT2D eigenvalue weighted by Crippen LogP contribution is 2.33. The van der Waals surface area contributed by atoms with Crippen LogP contribution in [0.4, 0.5) is 18.9 Å². The van der Waals surface area contributed by atoms with Crippen LogP contribution in [-0.2, 0) is 14.3 Å². The Morgan fingerprint density at radius 3 is 2.50 bits per heavy atom. The third kappa shape index (κ3) is 4.66. The van der Waals surface area contributed by atoms with Crippen LogP contribution in [0.3, 0.4) is 0 Å². The molecule has 1 aromatic rings. The maximum absolute atomic E-state index is 13.0. The van der Waals surface area contributed by atoms with Crippen molar-refractivity contribution in [3.05, 3.63) is 45.2 Å². The van der Waals surface area contributed by atoms with E-state index in [1.54, 1.807) is 13.8 Å². The molecule has 0 spiro atoms. The number of nitro groups is 1. The van der Waals surface area contributed by atoms with Crippen molar-refractivity contribution >= 4 is 21.7 Å². The predicted octanol–water partition coefficient (Wildman–Crippen LogP) is 3.29. The molecule has 0 saturated heterocycles. The molecule has 1 aliphatic rings. The average Bonchev–Trinajstić information content (AvgIpc) is 2.65. The third-order valence-corrected chi connectivity index (χ3v) is 5.57. The van der Waals surface area contributed by atoms with E-state index in [1.807, 2.05) is 0 Å². The first-order valence-electron chi connectivity index (χ1n) is 8.66. The van der Waals surface area contributed by atoms with Crippen LogP contribution in [0.15, 0.2) is 24.0 Å². The van der Waals surface area contributed by atoms with E-state index >= 15 is 0 Å². The lowest BCUT2D eigenvalue weighted by molar-refractivity contribution is -0.385. The normalized spacial score (nSPS) is 17.3. The number of methoxy groups -OCH3 is 1. The number of carbonyl (C=O) groups is 1. The van der Waals surface area contributed by atoms with Crippen LogP contribution in [0.2, 0.25) is 0 Å². The van der Waals surface area contributed by atoms with Crippen molar-refractivity contribution in [2.24, 2.45) is 0 Å². The van der Waals surface area contributed by atoms with Crippen molar-refractivity contribution in [1.82, 2.24) is 4.90 Å². The maximum Gasteiger partial charge on any atom is 0.534 e. The molecule has 0 fully saturated rings. The Bertz CT molecular complexity index is 990. The fourth-order valence-corrected chi connectivity index (χ4v) is 3.53. The van der Waals surface area contributed by atoms with Gasteiger partial charge in [0.2, 0.25) is 0 Å². The number of hydrogen-bond donors (Lipinski definition) is 0. The van der Waals surface area contributed by atoms with E-state index in [2.05, 4.69) is 4.18 Å². The minimum Gasteiger partial charge on any atom is -0.496 e. The van der Waals surface area contributed by atoms with E-state index in [9.17, 15) is 36.5 Å². The largest absolute Gasteiger partial charge is 0.534 e. The van der Waals surface area contributed by atoms with Gasteiger partial charge in [0.25, 0.3) is 11.6 Å². The molecule has 13 heteroatoms. The molecule has 0 radical (unpaired) electrons. The molecule has 1 aromatic carbocycles. The summed E-state index contributed by atoms with van der Waals surface area (Å²) in [5, 5.41) is 11.4. The molecule has 30 heavy (non-hydrogen) atoms. The summed E-state index contributed by atoms with van der Waals surface area (Å²) in [4.78, 5) is 24.9. The molecule has 1 aliphatic heterocycles. The van der Waals surface area contributed by atoms with Crippen molar-refractivity contribution in [3.63, 3.8) is 0 Å². The second kappa shape index (κ2) is 8.50. The van der Waals surface area contributed by atoms with Crippen LogP contribution < -0.4 is 4.74 Å². The minimum atomic E-state index is -5.83. The standard InChI is InChI=1S/C17H19F3N2O7S/c1-4-11-8-12(29-30(26,27)17(18,19)20)5-6-21(11)16(23)13-9-15(28-3)10(2)7-14(13)22(24)25/h5,7,9,11H,4,6,8H2,1-3H3/t11-/m1/s1. The van der Waals surface area contributed by atoms with Gasteiger partial charge in [-0.25, -0.2) is 0 Å². The molecule has 0 unspecified atom stereocenters. The molecule has 0 bridgehead atoms. The number of aryl methyl sites for hydroxylation is 1.